The summed E-state index contributed by atoms with van der Waals surface area (Å²) >= 11 is 0. The third kappa shape index (κ3) is 4.04. The first kappa shape index (κ1) is 23.3. The highest BCUT2D eigenvalue weighted by atomic mass is 15.0. The highest BCUT2D eigenvalue weighted by molar-refractivity contribution is 6.10. The van der Waals surface area contributed by atoms with Gasteiger partial charge in [-0.2, -0.15) is 0 Å². The topological polar surface area (TPSA) is 4.93 Å². The second kappa shape index (κ2) is 9.45. The summed E-state index contributed by atoms with van der Waals surface area (Å²) in [6.45, 7) is 4.40. The van der Waals surface area contributed by atoms with Gasteiger partial charge in [0.15, 0.2) is 0 Å². The first-order valence-corrected chi connectivity index (χ1v) is 13.5. The van der Waals surface area contributed by atoms with Crippen LogP contribution < -0.4 is 0 Å². The second-order valence-corrected chi connectivity index (χ2v) is 10.3. The number of rotatable bonds is 4. The van der Waals surface area contributed by atoms with E-state index in [1.165, 1.54) is 72.0 Å². The molecule has 0 fully saturated rings. The third-order valence-electron chi connectivity index (χ3n) is 7.88. The molecule has 0 aliphatic heterocycles. The van der Waals surface area contributed by atoms with Gasteiger partial charge in [-0.3, -0.25) is 0 Å². The molecule has 0 amide bonds. The molecule has 0 saturated carbocycles. The highest BCUT2D eigenvalue weighted by Gasteiger charge is 2.14. The summed E-state index contributed by atoms with van der Waals surface area (Å²) in [7, 11) is 0. The quantitative estimate of drug-likeness (QED) is 0.227. The first-order valence-electron chi connectivity index (χ1n) is 13.5. The lowest BCUT2D eigenvalue weighted by molar-refractivity contribution is 1.18. The van der Waals surface area contributed by atoms with E-state index in [1.54, 1.807) is 0 Å². The van der Waals surface area contributed by atoms with Gasteiger partial charge in [-0.15, -0.1) is 0 Å². The molecular formula is C38H29N. The van der Waals surface area contributed by atoms with E-state index in [0.29, 0.717) is 0 Å². The molecule has 1 heteroatoms. The van der Waals surface area contributed by atoms with Gasteiger partial charge in [0, 0.05) is 16.5 Å². The van der Waals surface area contributed by atoms with E-state index in [-0.39, 0.29) is 0 Å². The van der Waals surface area contributed by atoms with Crippen LogP contribution in [0.15, 0.2) is 140 Å². The molecule has 39 heavy (non-hydrogen) atoms. The summed E-state index contributed by atoms with van der Waals surface area (Å²) in [4.78, 5) is 0. The van der Waals surface area contributed by atoms with E-state index in [9.17, 15) is 0 Å². The Balaban J connectivity index is 1.37. The van der Waals surface area contributed by atoms with E-state index in [4.69, 9.17) is 0 Å². The van der Waals surface area contributed by atoms with Crippen molar-refractivity contribution < 1.29 is 0 Å². The molecule has 186 valence electrons. The van der Waals surface area contributed by atoms with Gasteiger partial charge >= 0.3 is 0 Å². The number of aryl methyl sites for hydroxylation is 2. The van der Waals surface area contributed by atoms with Gasteiger partial charge < -0.3 is 4.57 Å². The third-order valence-corrected chi connectivity index (χ3v) is 7.88. The van der Waals surface area contributed by atoms with Gasteiger partial charge in [-0.1, -0.05) is 109 Å². The lowest BCUT2D eigenvalue weighted by Crippen LogP contribution is -1.94. The number of hydrogen-bond donors (Lipinski definition) is 0. The molecule has 0 saturated heterocycles. The first-order chi connectivity index (χ1) is 19.2. The van der Waals surface area contributed by atoms with Crippen LogP contribution in [-0.2, 0) is 0 Å². The van der Waals surface area contributed by atoms with Crippen molar-refractivity contribution in [2.75, 3.05) is 0 Å². The predicted octanol–water partition coefficient (Wildman–Crippen LogP) is 10.4. The number of fused-ring (bicyclic) bond motifs is 3. The van der Waals surface area contributed by atoms with Crippen LogP contribution in [-0.4, -0.2) is 4.57 Å². The Labute approximate surface area is 229 Å². The molecule has 0 aliphatic rings. The lowest BCUT2D eigenvalue weighted by Gasteiger charge is -2.12. The average Bonchev–Trinajstić information content (AvgIpc) is 3.32. The molecule has 0 aliphatic carbocycles. The Hall–Kier alpha value is -4.88. The van der Waals surface area contributed by atoms with E-state index >= 15 is 0 Å². The zero-order chi connectivity index (χ0) is 26.3. The largest absolute Gasteiger partial charge is 0.309 e. The smallest absolute Gasteiger partial charge is 0.0541 e. The van der Waals surface area contributed by atoms with E-state index in [0.717, 1.165) is 0 Å². The van der Waals surface area contributed by atoms with Crippen LogP contribution in [0.4, 0.5) is 0 Å². The van der Waals surface area contributed by atoms with E-state index in [2.05, 4.69) is 158 Å². The summed E-state index contributed by atoms with van der Waals surface area (Å²) in [6, 6.07) is 50.6. The molecule has 0 N–H and O–H groups in total. The second-order valence-electron chi connectivity index (χ2n) is 10.3. The van der Waals surface area contributed by atoms with Crippen molar-refractivity contribution in [3.8, 4) is 39.1 Å². The minimum absolute atomic E-state index is 1.17. The summed E-state index contributed by atoms with van der Waals surface area (Å²) < 4.78 is 2.40. The van der Waals surface area contributed by atoms with Gasteiger partial charge in [0.1, 0.15) is 0 Å². The van der Waals surface area contributed by atoms with Crippen molar-refractivity contribution in [2.24, 2.45) is 0 Å². The summed E-state index contributed by atoms with van der Waals surface area (Å²) in [5, 5.41) is 2.54. The number of benzene rings is 6. The molecule has 1 nitrogen and oxygen atoms in total. The number of hydrogen-bond acceptors (Lipinski definition) is 0. The Morgan fingerprint density at radius 3 is 1.87 bits per heavy atom. The van der Waals surface area contributed by atoms with Crippen LogP contribution in [0.3, 0.4) is 0 Å². The van der Waals surface area contributed by atoms with Gasteiger partial charge in [0.05, 0.1) is 11.0 Å². The van der Waals surface area contributed by atoms with Crippen LogP contribution in [0.2, 0.25) is 0 Å². The molecule has 0 radical (unpaired) electrons. The number of nitrogens with zero attached hydrogens (tertiary/aromatic N) is 1. The van der Waals surface area contributed by atoms with Gasteiger partial charge in [-0.25, -0.2) is 0 Å². The molecule has 1 aromatic heterocycles. The molecule has 7 aromatic rings. The normalized spacial score (nSPS) is 11.3. The summed E-state index contributed by atoms with van der Waals surface area (Å²) in [6.07, 6.45) is 0. The minimum Gasteiger partial charge on any atom is -0.309 e. The maximum atomic E-state index is 2.40. The van der Waals surface area contributed by atoms with Gasteiger partial charge in [0.2, 0.25) is 0 Å². The molecular weight excluding hydrogens is 470 g/mol. The lowest BCUT2D eigenvalue weighted by atomic mass is 9.93. The Bertz CT molecular complexity index is 1970. The van der Waals surface area contributed by atoms with Crippen LogP contribution in [0.25, 0.3) is 60.9 Å². The van der Waals surface area contributed by atoms with E-state index in [1.807, 2.05) is 0 Å². The Morgan fingerprint density at radius 2 is 1.03 bits per heavy atom. The summed E-state index contributed by atoms with van der Waals surface area (Å²) in [5.41, 5.74) is 13.8. The molecule has 0 spiro atoms. The van der Waals surface area contributed by atoms with Crippen LogP contribution in [0.5, 0.6) is 0 Å². The summed E-state index contributed by atoms with van der Waals surface area (Å²) in [5.74, 6) is 0. The van der Waals surface area contributed by atoms with Crippen molar-refractivity contribution in [2.45, 2.75) is 13.8 Å². The van der Waals surface area contributed by atoms with Crippen molar-refractivity contribution in [3.05, 3.63) is 151 Å². The Morgan fingerprint density at radius 1 is 0.385 bits per heavy atom. The van der Waals surface area contributed by atoms with Crippen LogP contribution in [0, 0.1) is 13.8 Å². The highest BCUT2D eigenvalue weighted by Crippen LogP contribution is 2.37. The molecule has 0 unspecified atom stereocenters. The van der Waals surface area contributed by atoms with Crippen molar-refractivity contribution >= 4 is 21.8 Å². The number of aromatic nitrogens is 1. The minimum atomic E-state index is 1.17. The molecule has 6 aromatic carbocycles. The zero-order valence-corrected chi connectivity index (χ0v) is 22.2. The fourth-order valence-corrected chi connectivity index (χ4v) is 5.91. The van der Waals surface area contributed by atoms with Crippen molar-refractivity contribution in [1.82, 2.24) is 4.57 Å². The fourth-order valence-electron chi connectivity index (χ4n) is 5.91. The zero-order valence-electron chi connectivity index (χ0n) is 22.2. The van der Waals surface area contributed by atoms with Crippen molar-refractivity contribution in [1.29, 1.82) is 0 Å². The average molecular weight is 500 g/mol. The monoisotopic (exact) mass is 499 g/mol. The van der Waals surface area contributed by atoms with Gasteiger partial charge in [-0.05, 0) is 88.7 Å². The fraction of sp³-hybridized carbons (Fsp3) is 0.0526. The maximum absolute atomic E-state index is 2.40. The molecule has 1 heterocycles. The standard InChI is InChI=1S/C38H29N/c1-26-11-6-7-16-33(26)34-21-19-30(23-27(34)2)31-20-22-38-36(25-31)35-17-8-9-18-37(35)39(38)32-15-10-14-29(24-32)28-12-4-3-5-13-28/h3-25H,1-2H3. The predicted molar refractivity (Wildman–Crippen MR) is 167 cm³/mol. The molecule has 0 atom stereocenters. The molecule has 0 bridgehead atoms. The van der Waals surface area contributed by atoms with Crippen molar-refractivity contribution in [3.63, 3.8) is 0 Å². The van der Waals surface area contributed by atoms with E-state index < -0.39 is 0 Å². The van der Waals surface area contributed by atoms with Crippen LogP contribution in [0.1, 0.15) is 11.1 Å². The SMILES string of the molecule is Cc1ccccc1-c1ccc(-c2ccc3c(c2)c2ccccc2n3-c2cccc(-c3ccccc3)c2)cc1C. The Kier molecular flexibility index (Phi) is 5.64. The molecule has 7 rings (SSSR count). The maximum Gasteiger partial charge on any atom is 0.0541 e. The van der Waals surface area contributed by atoms with Gasteiger partial charge in [0.25, 0.3) is 0 Å². The van der Waals surface area contributed by atoms with Crippen LogP contribution >= 0.6 is 0 Å². The number of para-hydroxylation sites is 1.